The molecule has 0 saturated heterocycles. The Hall–Kier alpha value is -2.94. The molecule has 0 heterocycles. The molecule has 3 heteroatoms. The summed E-state index contributed by atoms with van der Waals surface area (Å²) in [7, 11) is 0. The van der Waals surface area contributed by atoms with Crippen LogP contribution in [0, 0.1) is 24.0 Å². The van der Waals surface area contributed by atoms with Crippen LogP contribution in [0.4, 0.5) is 5.69 Å². The fourth-order valence-corrected chi connectivity index (χ4v) is 3.33. The Balaban J connectivity index is 2.28. The molecular formula is C20H15NO2. The van der Waals surface area contributed by atoms with Crippen LogP contribution in [0.15, 0.2) is 54.6 Å². The predicted octanol–water partition coefficient (Wildman–Crippen LogP) is 5.67. The van der Waals surface area contributed by atoms with Crippen LogP contribution < -0.4 is 0 Å². The van der Waals surface area contributed by atoms with Gasteiger partial charge in [-0.3, -0.25) is 10.1 Å². The molecule has 0 bridgehead atoms. The number of rotatable bonds is 1. The van der Waals surface area contributed by atoms with Crippen molar-refractivity contribution in [3.63, 3.8) is 0 Å². The van der Waals surface area contributed by atoms with Gasteiger partial charge in [0.1, 0.15) is 0 Å². The molecule has 0 amide bonds. The molecule has 0 N–H and O–H groups in total. The fraction of sp³-hybridized carbons (Fsp3) is 0.100. The summed E-state index contributed by atoms with van der Waals surface area (Å²) in [5.74, 6) is 0. The maximum atomic E-state index is 11.7. The Morgan fingerprint density at radius 3 is 2.09 bits per heavy atom. The third-order valence-electron chi connectivity index (χ3n) is 4.42. The zero-order valence-corrected chi connectivity index (χ0v) is 13.0. The van der Waals surface area contributed by atoms with Gasteiger partial charge in [-0.25, -0.2) is 0 Å². The number of nitro groups is 1. The molecule has 3 nitrogen and oxygen atoms in total. The molecule has 0 aliphatic heterocycles. The van der Waals surface area contributed by atoms with Crippen molar-refractivity contribution in [2.45, 2.75) is 13.8 Å². The van der Waals surface area contributed by atoms with Crippen molar-refractivity contribution in [3.8, 4) is 0 Å². The molecule has 0 aliphatic rings. The lowest BCUT2D eigenvalue weighted by atomic mass is 9.95. The zero-order chi connectivity index (χ0) is 16.1. The van der Waals surface area contributed by atoms with Crippen molar-refractivity contribution in [1.29, 1.82) is 0 Å². The van der Waals surface area contributed by atoms with E-state index >= 15 is 0 Å². The van der Waals surface area contributed by atoms with E-state index in [1.54, 1.807) is 0 Å². The second-order valence-electron chi connectivity index (χ2n) is 6.09. The van der Waals surface area contributed by atoms with Crippen LogP contribution in [0.5, 0.6) is 0 Å². The maximum absolute atomic E-state index is 11.7. The Morgan fingerprint density at radius 1 is 0.696 bits per heavy atom. The number of non-ortho nitro benzene ring substituents is 1. The van der Waals surface area contributed by atoms with E-state index in [2.05, 4.69) is 25.1 Å². The summed E-state index contributed by atoms with van der Waals surface area (Å²) in [4.78, 5) is 11.5. The Bertz CT molecular complexity index is 1110. The monoisotopic (exact) mass is 301 g/mol. The minimum Gasteiger partial charge on any atom is -0.258 e. The van der Waals surface area contributed by atoms with E-state index in [4.69, 9.17) is 0 Å². The minimum absolute atomic E-state index is 0.198. The number of hydrogen-bond acceptors (Lipinski definition) is 2. The van der Waals surface area contributed by atoms with E-state index in [1.807, 2.05) is 43.3 Å². The number of benzene rings is 4. The first-order valence-electron chi connectivity index (χ1n) is 7.55. The van der Waals surface area contributed by atoms with Crippen LogP contribution in [0.1, 0.15) is 11.1 Å². The van der Waals surface area contributed by atoms with Gasteiger partial charge in [0.05, 0.1) is 15.7 Å². The number of nitro benzene ring substituents is 1. The highest BCUT2D eigenvalue weighted by molar-refractivity contribution is 6.17. The van der Waals surface area contributed by atoms with E-state index in [9.17, 15) is 10.1 Å². The topological polar surface area (TPSA) is 43.1 Å². The van der Waals surface area contributed by atoms with Crippen molar-refractivity contribution in [1.82, 2.24) is 0 Å². The minimum atomic E-state index is -0.260. The van der Waals surface area contributed by atoms with Crippen molar-refractivity contribution < 1.29 is 4.92 Å². The molecule has 23 heavy (non-hydrogen) atoms. The van der Waals surface area contributed by atoms with Crippen molar-refractivity contribution in [2.75, 3.05) is 0 Å². The molecule has 0 atom stereocenters. The van der Waals surface area contributed by atoms with Crippen LogP contribution in [-0.4, -0.2) is 4.92 Å². The first-order valence-corrected chi connectivity index (χ1v) is 7.55. The molecule has 4 rings (SSSR count). The largest absolute Gasteiger partial charge is 0.284 e. The average Bonchev–Trinajstić information content (AvgIpc) is 2.52. The van der Waals surface area contributed by atoms with Gasteiger partial charge in [0.15, 0.2) is 0 Å². The normalized spacial score (nSPS) is 11.4. The summed E-state index contributed by atoms with van der Waals surface area (Å²) in [6, 6.07) is 18.0. The lowest BCUT2D eigenvalue weighted by Crippen LogP contribution is -1.93. The number of aryl methyl sites for hydroxylation is 2. The van der Waals surface area contributed by atoms with Gasteiger partial charge in [-0.05, 0) is 53.6 Å². The van der Waals surface area contributed by atoms with E-state index in [0.29, 0.717) is 10.8 Å². The van der Waals surface area contributed by atoms with Crippen LogP contribution in [0.2, 0.25) is 0 Å². The lowest BCUT2D eigenvalue weighted by Gasteiger charge is -2.09. The van der Waals surface area contributed by atoms with E-state index in [1.165, 1.54) is 5.56 Å². The van der Waals surface area contributed by atoms with Crippen LogP contribution >= 0.6 is 0 Å². The Morgan fingerprint density at radius 2 is 1.30 bits per heavy atom. The first-order chi connectivity index (χ1) is 11.0. The predicted molar refractivity (Wildman–Crippen MR) is 95.1 cm³/mol. The van der Waals surface area contributed by atoms with Gasteiger partial charge in [0.2, 0.25) is 0 Å². The van der Waals surface area contributed by atoms with Crippen molar-refractivity contribution in [3.05, 3.63) is 75.8 Å². The number of hydrogen-bond donors (Lipinski definition) is 0. The molecule has 0 saturated carbocycles. The van der Waals surface area contributed by atoms with Gasteiger partial charge in [-0.15, -0.1) is 0 Å². The molecule has 0 aromatic heterocycles. The molecule has 4 aromatic rings. The Kier molecular flexibility index (Phi) is 2.85. The van der Waals surface area contributed by atoms with Gasteiger partial charge in [-0.1, -0.05) is 47.5 Å². The lowest BCUT2D eigenvalue weighted by molar-refractivity contribution is -0.381. The molecule has 0 aliphatic carbocycles. The van der Waals surface area contributed by atoms with Gasteiger partial charge >= 0.3 is 0 Å². The quantitative estimate of drug-likeness (QED) is 0.197. The molecule has 0 fully saturated rings. The van der Waals surface area contributed by atoms with Crippen LogP contribution in [0.25, 0.3) is 32.3 Å². The van der Waals surface area contributed by atoms with Crippen LogP contribution in [0.3, 0.4) is 0 Å². The summed E-state index contributed by atoms with van der Waals surface area (Å²) >= 11 is 0. The van der Waals surface area contributed by atoms with E-state index in [-0.39, 0.29) is 10.6 Å². The Labute approximate surface area is 133 Å². The SMILES string of the molecule is Cc1ccc2c(ccc3c([N+](=O)[O-])c4cc(C)ccc4cc32)c1. The summed E-state index contributed by atoms with van der Waals surface area (Å²) < 4.78 is 0. The molecule has 112 valence electrons. The van der Waals surface area contributed by atoms with Crippen molar-refractivity contribution >= 4 is 38.0 Å². The molecule has 0 spiro atoms. The second kappa shape index (κ2) is 4.78. The highest BCUT2D eigenvalue weighted by atomic mass is 16.6. The molecular weight excluding hydrogens is 286 g/mol. The summed E-state index contributed by atoms with van der Waals surface area (Å²) in [6.45, 7) is 4.01. The smallest absolute Gasteiger partial charge is 0.258 e. The maximum Gasteiger partial charge on any atom is 0.284 e. The zero-order valence-electron chi connectivity index (χ0n) is 13.0. The van der Waals surface area contributed by atoms with E-state index < -0.39 is 0 Å². The highest BCUT2D eigenvalue weighted by Crippen LogP contribution is 2.38. The molecule has 4 aromatic carbocycles. The third-order valence-corrected chi connectivity index (χ3v) is 4.42. The van der Waals surface area contributed by atoms with Gasteiger partial charge in [0.25, 0.3) is 5.69 Å². The van der Waals surface area contributed by atoms with Gasteiger partial charge in [-0.2, -0.15) is 0 Å². The summed E-state index contributed by atoms with van der Waals surface area (Å²) in [6.07, 6.45) is 0. The summed E-state index contributed by atoms with van der Waals surface area (Å²) in [5, 5.41) is 17.1. The van der Waals surface area contributed by atoms with Crippen LogP contribution in [-0.2, 0) is 0 Å². The first kappa shape index (κ1) is 13.7. The number of nitrogens with zero attached hydrogens (tertiary/aromatic N) is 1. The average molecular weight is 301 g/mol. The number of fused-ring (bicyclic) bond motifs is 4. The standard InChI is InChI=1S/C20H15NO2/c1-12-4-7-16-14(9-12)6-8-17-19(16)11-15-5-3-13(2)10-18(15)20(17)21(22)23/h3-11H,1-2H3. The third kappa shape index (κ3) is 2.05. The second-order valence-corrected chi connectivity index (χ2v) is 6.09. The van der Waals surface area contributed by atoms with E-state index in [0.717, 1.165) is 27.1 Å². The summed E-state index contributed by atoms with van der Waals surface area (Å²) in [5.41, 5.74) is 2.41. The van der Waals surface area contributed by atoms with Gasteiger partial charge < -0.3 is 0 Å². The highest BCUT2D eigenvalue weighted by Gasteiger charge is 2.18. The van der Waals surface area contributed by atoms with Crippen molar-refractivity contribution in [2.24, 2.45) is 0 Å². The molecule has 0 unspecified atom stereocenters. The molecule has 0 radical (unpaired) electrons. The van der Waals surface area contributed by atoms with Gasteiger partial charge in [0, 0.05) is 0 Å². The fourth-order valence-electron chi connectivity index (χ4n) is 3.33.